The third kappa shape index (κ3) is 1.68. The van der Waals surface area contributed by atoms with Crippen molar-refractivity contribution in [2.75, 3.05) is 13.0 Å². The molecule has 0 bridgehead atoms. The van der Waals surface area contributed by atoms with Crippen molar-refractivity contribution in [1.82, 2.24) is 5.32 Å². The van der Waals surface area contributed by atoms with Crippen molar-refractivity contribution in [1.29, 1.82) is 0 Å². The highest BCUT2D eigenvalue weighted by Gasteiger charge is 2.18. The molecule has 1 heterocycles. The molecule has 0 aromatic rings. The summed E-state index contributed by atoms with van der Waals surface area (Å²) in [5, 5.41) is 10.7. The normalized spacial score (nSPS) is 45.6. The quantitative estimate of drug-likeness (QED) is 0.532. The lowest BCUT2D eigenvalue weighted by atomic mass is 10.0. The number of hydrogen-bond donors (Lipinski definition) is 2. The third-order valence-corrected chi connectivity index (χ3v) is 1.19. The van der Waals surface area contributed by atoms with Gasteiger partial charge in [0.05, 0.1) is 5.92 Å². The average Bonchev–Trinajstić information content (AvgIpc) is 1.79. The molecule has 0 aromatic carbocycles. The third-order valence-electron chi connectivity index (χ3n) is 1.19. The largest absolute Gasteiger partial charge is 0.481 e. The van der Waals surface area contributed by atoms with Crippen LogP contribution in [0.3, 0.4) is 0 Å². The van der Waals surface area contributed by atoms with E-state index in [4.69, 9.17) is 10.6 Å². The van der Waals surface area contributed by atoms with Gasteiger partial charge in [-0.1, -0.05) is 0 Å². The second-order valence-corrected chi connectivity index (χ2v) is 1.88. The van der Waals surface area contributed by atoms with E-state index < -0.39 is 24.9 Å². The first kappa shape index (κ1) is 3.01. The fourth-order valence-electron chi connectivity index (χ4n) is 0.675. The summed E-state index contributed by atoms with van der Waals surface area (Å²) in [6.07, 6.45) is 0.0335. The molecule has 3 heteroatoms. The number of rotatable bonds is 1. The maximum absolute atomic E-state index is 10.6. The SMILES string of the molecule is [2H]C1([2H])CCC(C(=O)O)C([2H])([2H])N1. The van der Waals surface area contributed by atoms with Gasteiger partial charge in [0.1, 0.15) is 0 Å². The molecule has 1 fully saturated rings. The van der Waals surface area contributed by atoms with Crippen molar-refractivity contribution in [2.45, 2.75) is 12.8 Å². The van der Waals surface area contributed by atoms with Crippen molar-refractivity contribution < 1.29 is 15.4 Å². The van der Waals surface area contributed by atoms with Gasteiger partial charge in [0.2, 0.25) is 0 Å². The zero-order chi connectivity index (χ0) is 10.3. The number of nitrogens with one attached hydrogen (secondary N) is 1. The zero-order valence-electron chi connectivity index (χ0n) is 8.85. The van der Waals surface area contributed by atoms with Gasteiger partial charge in [-0.05, 0) is 19.3 Å². The van der Waals surface area contributed by atoms with Crippen LogP contribution >= 0.6 is 0 Å². The molecule has 52 valence electrons. The van der Waals surface area contributed by atoms with E-state index in [1.165, 1.54) is 0 Å². The summed E-state index contributed by atoms with van der Waals surface area (Å²) in [4.78, 5) is 10.6. The van der Waals surface area contributed by atoms with Gasteiger partial charge in [0.15, 0.2) is 0 Å². The summed E-state index contributed by atoms with van der Waals surface area (Å²) in [5.74, 6) is -2.40. The maximum atomic E-state index is 10.6. The Morgan fingerprint density at radius 3 is 3.22 bits per heavy atom. The molecule has 1 saturated heterocycles. The summed E-state index contributed by atoms with van der Waals surface area (Å²) < 4.78 is 29.1. The van der Waals surface area contributed by atoms with E-state index in [-0.39, 0.29) is 12.8 Å². The van der Waals surface area contributed by atoms with E-state index in [1.807, 2.05) is 5.32 Å². The lowest BCUT2D eigenvalue weighted by Gasteiger charge is -2.18. The minimum Gasteiger partial charge on any atom is -0.481 e. The summed E-state index contributed by atoms with van der Waals surface area (Å²) in [5.41, 5.74) is 0. The van der Waals surface area contributed by atoms with Gasteiger partial charge in [-0.25, -0.2) is 0 Å². The second kappa shape index (κ2) is 2.82. The van der Waals surface area contributed by atoms with Crippen LogP contribution in [-0.2, 0) is 4.79 Å². The Kier molecular flexibility index (Phi) is 0.945. The molecular formula is C6H11NO2. The summed E-state index contributed by atoms with van der Waals surface area (Å²) >= 11 is 0. The predicted molar refractivity (Wildman–Crippen MR) is 33.2 cm³/mol. The van der Waals surface area contributed by atoms with Gasteiger partial charge < -0.3 is 10.4 Å². The molecular weight excluding hydrogens is 118 g/mol. The Morgan fingerprint density at radius 1 is 1.89 bits per heavy atom. The maximum Gasteiger partial charge on any atom is 0.307 e. The molecule has 0 radical (unpaired) electrons. The van der Waals surface area contributed by atoms with Crippen molar-refractivity contribution in [3.63, 3.8) is 0 Å². The van der Waals surface area contributed by atoms with Crippen molar-refractivity contribution in [2.24, 2.45) is 5.92 Å². The van der Waals surface area contributed by atoms with Crippen LogP contribution in [0.5, 0.6) is 0 Å². The Balaban J connectivity index is 2.79. The molecule has 0 amide bonds. The predicted octanol–water partition coefficient (Wildman–Crippen LogP) is 0.0706. The van der Waals surface area contributed by atoms with Crippen LogP contribution in [0.4, 0.5) is 0 Å². The highest BCUT2D eigenvalue weighted by atomic mass is 16.4. The van der Waals surface area contributed by atoms with Crippen molar-refractivity contribution in [3.8, 4) is 0 Å². The first-order valence-corrected chi connectivity index (χ1v) is 2.77. The first-order chi connectivity index (χ1) is 5.75. The molecule has 0 saturated carbocycles. The molecule has 3 nitrogen and oxygen atoms in total. The molecule has 9 heavy (non-hydrogen) atoms. The molecule has 1 atom stereocenters. The lowest BCUT2D eigenvalue weighted by Crippen LogP contribution is -2.34. The average molecular weight is 133 g/mol. The highest BCUT2D eigenvalue weighted by Crippen LogP contribution is 2.08. The molecule has 1 aliphatic rings. The van der Waals surface area contributed by atoms with E-state index in [9.17, 15) is 4.79 Å². The standard InChI is InChI=1S/C6H11NO2/c8-6(9)5-2-1-3-7-4-5/h5,7H,1-4H2,(H,8,9)/i3D2,4D2. The number of aliphatic carboxylic acids is 1. The number of carbonyl (C=O) groups is 1. The molecule has 1 aliphatic heterocycles. The van der Waals surface area contributed by atoms with Gasteiger partial charge >= 0.3 is 5.97 Å². The summed E-state index contributed by atoms with van der Waals surface area (Å²) in [7, 11) is 0. The smallest absolute Gasteiger partial charge is 0.307 e. The van der Waals surface area contributed by atoms with Crippen LogP contribution in [0, 0.1) is 5.92 Å². The molecule has 0 spiro atoms. The van der Waals surface area contributed by atoms with E-state index in [1.54, 1.807) is 0 Å². The van der Waals surface area contributed by atoms with E-state index in [0.29, 0.717) is 0 Å². The monoisotopic (exact) mass is 133 g/mol. The molecule has 1 rings (SSSR count). The Morgan fingerprint density at radius 2 is 2.67 bits per heavy atom. The Bertz CT molecular complexity index is 231. The van der Waals surface area contributed by atoms with Crippen LogP contribution in [-0.4, -0.2) is 24.1 Å². The van der Waals surface area contributed by atoms with Gasteiger partial charge in [-0.2, -0.15) is 0 Å². The van der Waals surface area contributed by atoms with Crippen molar-refractivity contribution in [3.05, 3.63) is 0 Å². The van der Waals surface area contributed by atoms with E-state index in [0.717, 1.165) is 0 Å². The number of piperidine rings is 1. The van der Waals surface area contributed by atoms with Gasteiger partial charge in [0.25, 0.3) is 0 Å². The zero-order valence-corrected chi connectivity index (χ0v) is 4.85. The first-order valence-electron chi connectivity index (χ1n) is 4.77. The fraction of sp³-hybridized carbons (Fsp3) is 0.833. The number of hydrogen-bond acceptors (Lipinski definition) is 2. The van der Waals surface area contributed by atoms with Crippen LogP contribution in [0.2, 0.25) is 0 Å². The Labute approximate surface area is 59.7 Å². The fourth-order valence-corrected chi connectivity index (χ4v) is 0.675. The van der Waals surface area contributed by atoms with Crippen LogP contribution in [0.1, 0.15) is 18.3 Å². The number of carboxylic acid groups (broad SMARTS) is 1. The second-order valence-electron chi connectivity index (χ2n) is 1.88. The minimum absolute atomic E-state index is 0.0162. The molecule has 1 unspecified atom stereocenters. The van der Waals surface area contributed by atoms with E-state index >= 15 is 0 Å². The minimum atomic E-state index is -2.17. The Hall–Kier alpha value is -0.570. The van der Waals surface area contributed by atoms with Gasteiger partial charge in [-0.3, -0.25) is 4.79 Å². The van der Waals surface area contributed by atoms with Crippen LogP contribution in [0.25, 0.3) is 0 Å². The van der Waals surface area contributed by atoms with Gasteiger partial charge in [-0.15, -0.1) is 0 Å². The molecule has 0 aliphatic carbocycles. The van der Waals surface area contributed by atoms with E-state index in [2.05, 4.69) is 0 Å². The lowest BCUT2D eigenvalue weighted by molar-refractivity contribution is -0.142. The van der Waals surface area contributed by atoms with Crippen molar-refractivity contribution >= 4 is 5.97 Å². The summed E-state index contributed by atoms with van der Waals surface area (Å²) in [6.45, 7) is -3.98. The highest BCUT2D eigenvalue weighted by molar-refractivity contribution is 5.70. The molecule has 0 aromatic heterocycles. The van der Waals surface area contributed by atoms with Crippen LogP contribution in [0.15, 0.2) is 0 Å². The molecule has 2 N–H and O–H groups in total. The summed E-state index contributed by atoms with van der Waals surface area (Å²) in [6, 6.07) is 0. The topological polar surface area (TPSA) is 49.3 Å². The van der Waals surface area contributed by atoms with Gasteiger partial charge in [0, 0.05) is 12.0 Å². The number of carboxylic acids is 1. The van der Waals surface area contributed by atoms with Crippen LogP contribution < -0.4 is 5.32 Å².